The van der Waals surface area contributed by atoms with E-state index < -0.39 is 29.5 Å². The zero-order valence-electron chi connectivity index (χ0n) is 16.8. The molecule has 2 aromatic rings. The fourth-order valence-electron chi connectivity index (χ4n) is 3.34. The van der Waals surface area contributed by atoms with Gasteiger partial charge in [0.05, 0.1) is 32.6 Å². The normalized spacial score (nSPS) is 13.8. The third-order valence-electron chi connectivity index (χ3n) is 4.74. The van der Waals surface area contributed by atoms with E-state index in [9.17, 15) is 19.2 Å². The monoisotopic (exact) mass is 418 g/mol. The standard InChI is InChI=1S/C19H18N2O9/c1-26-16(23)8-6-10(17(24)27-2)21-14-12(8)13-9(7-11(20-13)18(25)28-3)19(29-4,30-5)15(14)22/h6-7,20H,1-5H3. The highest BCUT2D eigenvalue weighted by atomic mass is 16.7. The molecular weight excluding hydrogens is 400 g/mol. The van der Waals surface area contributed by atoms with Crippen LogP contribution in [0.4, 0.5) is 0 Å². The highest BCUT2D eigenvalue weighted by Crippen LogP contribution is 2.45. The predicted octanol–water partition coefficient (Wildman–Crippen LogP) is 1.08. The number of nitrogens with one attached hydrogen (secondary N) is 1. The predicted molar refractivity (Wildman–Crippen MR) is 98.1 cm³/mol. The van der Waals surface area contributed by atoms with Gasteiger partial charge in [0.15, 0.2) is 0 Å². The second-order valence-corrected chi connectivity index (χ2v) is 6.08. The summed E-state index contributed by atoms with van der Waals surface area (Å²) in [6, 6.07) is 2.46. The molecule has 0 radical (unpaired) electrons. The minimum atomic E-state index is -1.99. The average molecular weight is 418 g/mol. The first-order chi connectivity index (χ1) is 14.3. The number of H-pyrrole nitrogens is 1. The summed E-state index contributed by atoms with van der Waals surface area (Å²) in [4.78, 5) is 56.9. The molecule has 11 heteroatoms. The van der Waals surface area contributed by atoms with Crippen molar-refractivity contribution in [3.8, 4) is 11.3 Å². The number of nitrogens with zero attached hydrogens (tertiary/aromatic N) is 1. The smallest absolute Gasteiger partial charge is 0.356 e. The number of ether oxygens (including phenoxy) is 5. The molecule has 0 aromatic carbocycles. The van der Waals surface area contributed by atoms with Crippen LogP contribution < -0.4 is 0 Å². The Morgan fingerprint density at radius 2 is 1.50 bits per heavy atom. The van der Waals surface area contributed by atoms with Crippen LogP contribution >= 0.6 is 0 Å². The maximum atomic E-state index is 13.4. The van der Waals surface area contributed by atoms with Crippen LogP contribution in [0.1, 0.15) is 47.4 Å². The third kappa shape index (κ3) is 2.86. The highest BCUT2D eigenvalue weighted by Gasteiger charge is 2.51. The molecule has 1 aliphatic rings. The minimum Gasteiger partial charge on any atom is -0.465 e. The van der Waals surface area contributed by atoms with Crippen molar-refractivity contribution in [2.45, 2.75) is 5.79 Å². The molecule has 11 nitrogen and oxygen atoms in total. The summed E-state index contributed by atoms with van der Waals surface area (Å²) in [6.07, 6.45) is 0. The molecular formula is C19H18N2O9. The number of carbonyl (C=O) groups is 4. The van der Waals surface area contributed by atoms with E-state index in [2.05, 4.69) is 14.7 Å². The summed E-state index contributed by atoms with van der Waals surface area (Å²) in [6.45, 7) is 0. The van der Waals surface area contributed by atoms with Crippen molar-refractivity contribution in [3.05, 3.63) is 40.3 Å². The Hall–Kier alpha value is -3.57. The Labute approximate surface area is 170 Å². The Morgan fingerprint density at radius 3 is 2.03 bits per heavy atom. The van der Waals surface area contributed by atoms with Crippen LogP contribution in [0.25, 0.3) is 11.3 Å². The average Bonchev–Trinajstić information content (AvgIpc) is 3.23. The molecule has 0 unspecified atom stereocenters. The molecule has 0 saturated heterocycles. The number of aromatic amines is 1. The largest absolute Gasteiger partial charge is 0.465 e. The van der Waals surface area contributed by atoms with E-state index in [0.717, 1.165) is 20.3 Å². The number of hydrogen-bond acceptors (Lipinski definition) is 10. The molecule has 158 valence electrons. The molecule has 0 aliphatic heterocycles. The number of aromatic nitrogens is 2. The number of fused-ring (bicyclic) bond motifs is 3. The number of methoxy groups -OCH3 is 5. The SMILES string of the molecule is COC(=O)c1cc(C(=O)OC)c2c(n1)C(=O)C(OC)(OC)c1cc(C(=O)OC)[nH]c1-2. The number of esters is 3. The van der Waals surface area contributed by atoms with Gasteiger partial charge in [-0.25, -0.2) is 19.4 Å². The third-order valence-corrected chi connectivity index (χ3v) is 4.74. The van der Waals surface area contributed by atoms with Crippen LogP contribution in [-0.4, -0.2) is 69.2 Å². The van der Waals surface area contributed by atoms with Crippen LogP contribution in [0, 0.1) is 0 Å². The summed E-state index contributed by atoms with van der Waals surface area (Å²) in [7, 11) is 5.91. The van der Waals surface area contributed by atoms with Gasteiger partial charge in [-0.2, -0.15) is 0 Å². The van der Waals surface area contributed by atoms with Crippen LogP contribution in [0.15, 0.2) is 12.1 Å². The van der Waals surface area contributed by atoms with Gasteiger partial charge in [0.2, 0.25) is 5.78 Å². The maximum absolute atomic E-state index is 13.4. The summed E-state index contributed by atoms with van der Waals surface area (Å²) >= 11 is 0. The number of hydrogen-bond donors (Lipinski definition) is 1. The van der Waals surface area contributed by atoms with E-state index in [4.69, 9.17) is 18.9 Å². The van der Waals surface area contributed by atoms with Crippen molar-refractivity contribution >= 4 is 23.7 Å². The summed E-state index contributed by atoms with van der Waals surface area (Å²) in [5.41, 5.74) is -0.455. The van der Waals surface area contributed by atoms with Crippen LogP contribution in [-0.2, 0) is 29.5 Å². The minimum absolute atomic E-state index is 0.0190. The van der Waals surface area contributed by atoms with Crippen molar-refractivity contribution in [3.63, 3.8) is 0 Å². The van der Waals surface area contributed by atoms with Gasteiger partial charge in [0.25, 0.3) is 5.79 Å². The van der Waals surface area contributed by atoms with E-state index in [1.807, 2.05) is 0 Å². The number of carbonyl (C=O) groups excluding carboxylic acids is 4. The lowest BCUT2D eigenvalue weighted by atomic mass is 9.84. The zero-order chi connectivity index (χ0) is 22.2. The van der Waals surface area contributed by atoms with E-state index in [0.29, 0.717) is 0 Å². The fraction of sp³-hybridized carbons (Fsp3) is 0.316. The quantitative estimate of drug-likeness (QED) is 0.425. The zero-order valence-corrected chi connectivity index (χ0v) is 16.8. The Bertz CT molecular complexity index is 1070. The molecule has 3 rings (SSSR count). The first-order valence-electron chi connectivity index (χ1n) is 8.48. The molecule has 2 heterocycles. The lowest BCUT2D eigenvalue weighted by Crippen LogP contribution is -2.43. The highest BCUT2D eigenvalue weighted by molar-refractivity contribution is 6.14. The first kappa shape index (κ1) is 21.1. The number of Topliss-reactive ketones (excluding diaryl/α,β-unsaturated/α-hetero) is 1. The molecule has 0 bridgehead atoms. The van der Waals surface area contributed by atoms with E-state index in [1.165, 1.54) is 27.4 Å². The molecule has 2 aromatic heterocycles. The fourth-order valence-corrected chi connectivity index (χ4v) is 3.34. The number of rotatable bonds is 5. The molecule has 0 atom stereocenters. The van der Waals surface area contributed by atoms with Gasteiger partial charge < -0.3 is 28.7 Å². The molecule has 1 aliphatic carbocycles. The number of pyridine rings is 1. The van der Waals surface area contributed by atoms with E-state index >= 15 is 0 Å². The van der Waals surface area contributed by atoms with Crippen LogP contribution in [0.3, 0.4) is 0 Å². The van der Waals surface area contributed by atoms with Crippen LogP contribution in [0.2, 0.25) is 0 Å². The molecule has 0 amide bonds. The Kier molecular flexibility index (Phi) is 5.42. The van der Waals surface area contributed by atoms with Gasteiger partial charge in [0.1, 0.15) is 17.1 Å². The summed E-state index contributed by atoms with van der Waals surface area (Å²) in [5, 5.41) is 0. The topological polar surface area (TPSA) is 143 Å². The Balaban J connectivity index is 2.45. The van der Waals surface area contributed by atoms with Gasteiger partial charge in [-0.3, -0.25) is 4.79 Å². The summed E-state index contributed by atoms with van der Waals surface area (Å²) in [5.74, 6) is -5.21. The van der Waals surface area contributed by atoms with Gasteiger partial charge in [-0.05, 0) is 12.1 Å². The van der Waals surface area contributed by atoms with Crippen molar-refractivity contribution in [2.75, 3.05) is 35.5 Å². The second kappa shape index (κ2) is 7.69. The molecule has 0 fully saturated rings. The molecule has 0 spiro atoms. The van der Waals surface area contributed by atoms with Gasteiger partial charge in [-0.15, -0.1) is 0 Å². The lowest BCUT2D eigenvalue weighted by Gasteiger charge is -2.33. The van der Waals surface area contributed by atoms with Gasteiger partial charge in [0, 0.05) is 25.3 Å². The lowest BCUT2D eigenvalue weighted by molar-refractivity contribution is -0.176. The van der Waals surface area contributed by atoms with Crippen molar-refractivity contribution in [1.82, 2.24) is 9.97 Å². The van der Waals surface area contributed by atoms with E-state index in [1.54, 1.807) is 0 Å². The maximum Gasteiger partial charge on any atom is 0.356 e. The molecule has 0 saturated carbocycles. The van der Waals surface area contributed by atoms with Crippen molar-refractivity contribution < 1.29 is 42.9 Å². The second-order valence-electron chi connectivity index (χ2n) is 6.08. The first-order valence-corrected chi connectivity index (χ1v) is 8.48. The van der Waals surface area contributed by atoms with E-state index in [-0.39, 0.29) is 39.5 Å². The van der Waals surface area contributed by atoms with Crippen molar-refractivity contribution in [1.29, 1.82) is 0 Å². The van der Waals surface area contributed by atoms with Gasteiger partial charge in [-0.1, -0.05) is 0 Å². The Morgan fingerprint density at radius 1 is 0.900 bits per heavy atom. The van der Waals surface area contributed by atoms with Crippen molar-refractivity contribution in [2.24, 2.45) is 0 Å². The summed E-state index contributed by atoms with van der Waals surface area (Å²) < 4.78 is 25.0. The molecule has 1 N–H and O–H groups in total. The van der Waals surface area contributed by atoms with Gasteiger partial charge >= 0.3 is 17.9 Å². The molecule has 30 heavy (non-hydrogen) atoms. The number of ketones is 1. The van der Waals surface area contributed by atoms with Crippen LogP contribution in [0.5, 0.6) is 0 Å².